The van der Waals surface area contributed by atoms with E-state index in [9.17, 15) is 4.79 Å². The summed E-state index contributed by atoms with van der Waals surface area (Å²) in [6, 6.07) is 26.4. The molecule has 7 heteroatoms. The highest BCUT2D eigenvalue weighted by atomic mass is 16.5. The third-order valence-corrected chi connectivity index (χ3v) is 4.59. The third-order valence-electron chi connectivity index (χ3n) is 4.59. The monoisotopic (exact) mass is 414 g/mol. The topological polar surface area (TPSA) is 78.3 Å². The van der Waals surface area contributed by atoms with E-state index in [1.54, 1.807) is 19.2 Å². The Kier molecular flexibility index (Phi) is 6.23. The molecule has 0 amide bonds. The van der Waals surface area contributed by atoms with Crippen molar-refractivity contribution < 1.29 is 14.3 Å². The molecule has 0 spiro atoms. The van der Waals surface area contributed by atoms with E-state index in [0.29, 0.717) is 24.1 Å². The van der Waals surface area contributed by atoms with E-state index in [0.717, 1.165) is 16.9 Å². The number of rotatable bonds is 8. The Bertz CT molecular complexity index is 1130. The lowest BCUT2D eigenvalue weighted by Gasteiger charge is -2.08. The third kappa shape index (κ3) is 5.08. The van der Waals surface area contributed by atoms with Gasteiger partial charge in [-0.15, -0.1) is 5.10 Å². The zero-order chi connectivity index (χ0) is 21.5. The van der Waals surface area contributed by atoms with Crippen molar-refractivity contribution in [2.24, 2.45) is 0 Å². The Morgan fingerprint density at radius 1 is 0.903 bits per heavy atom. The molecule has 0 saturated heterocycles. The maximum absolute atomic E-state index is 12.9. The number of carbonyl (C=O) groups excluding carboxylic acids is 1. The number of hydrogen-bond donors (Lipinski definition) is 1. The molecule has 0 radical (unpaired) electrons. The number of para-hydroxylation sites is 1. The Morgan fingerprint density at radius 2 is 1.58 bits per heavy atom. The summed E-state index contributed by atoms with van der Waals surface area (Å²) in [5.74, 6) is 1.82. The molecule has 31 heavy (non-hydrogen) atoms. The van der Waals surface area contributed by atoms with Crippen LogP contribution in [0.3, 0.4) is 0 Å². The smallest absolute Gasteiger partial charge is 0.287 e. The van der Waals surface area contributed by atoms with E-state index in [1.807, 2.05) is 72.8 Å². The highest BCUT2D eigenvalue weighted by Gasteiger charge is 2.18. The van der Waals surface area contributed by atoms with Crippen LogP contribution < -0.4 is 14.8 Å². The molecule has 0 aliphatic heterocycles. The summed E-state index contributed by atoms with van der Waals surface area (Å²) < 4.78 is 12.1. The first kappa shape index (κ1) is 20.2. The van der Waals surface area contributed by atoms with Crippen LogP contribution in [0.2, 0.25) is 0 Å². The van der Waals surface area contributed by atoms with Crippen LogP contribution in [0.5, 0.6) is 11.5 Å². The molecular weight excluding hydrogens is 392 g/mol. The minimum Gasteiger partial charge on any atom is -0.497 e. The molecule has 4 aromatic rings. The highest BCUT2D eigenvalue weighted by Crippen LogP contribution is 2.21. The van der Waals surface area contributed by atoms with Gasteiger partial charge in [0.25, 0.3) is 5.91 Å². The van der Waals surface area contributed by atoms with E-state index in [1.165, 1.54) is 4.68 Å². The van der Waals surface area contributed by atoms with Crippen molar-refractivity contribution in [2.45, 2.75) is 6.54 Å². The van der Waals surface area contributed by atoms with Gasteiger partial charge in [0.15, 0.2) is 12.4 Å². The van der Waals surface area contributed by atoms with Gasteiger partial charge in [-0.05, 0) is 42.0 Å². The van der Waals surface area contributed by atoms with Gasteiger partial charge in [0.05, 0.1) is 7.11 Å². The van der Waals surface area contributed by atoms with Crippen LogP contribution in [-0.4, -0.2) is 34.4 Å². The second kappa shape index (κ2) is 9.58. The Hall–Kier alpha value is -4.13. The quantitative estimate of drug-likeness (QED) is 0.464. The van der Waals surface area contributed by atoms with E-state index < -0.39 is 0 Å². The van der Waals surface area contributed by atoms with E-state index in [4.69, 9.17) is 9.47 Å². The summed E-state index contributed by atoms with van der Waals surface area (Å²) in [5, 5.41) is 7.64. The van der Waals surface area contributed by atoms with Crippen LogP contribution in [-0.2, 0) is 6.54 Å². The molecular formula is C24H22N4O3. The summed E-state index contributed by atoms with van der Waals surface area (Å²) in [6.07, 6.45) is 0. The minimum absolute atomic E-state index is 0.157. The number of benzene rings is 3. The molecule has 0 aliphatic carbocycles. The molecule has 0 unspecified atom stereocenters. The van der Waals surface area contributed by atoms with Crippen molar-refractivity contribution >= 4 is 11.9 Å². The summed E-state index contributed by atoms with van der Waals surface area (Å²) in [7, 11) is 1.61. The zero-order valence-corrected chi connectivity index (χ0v) is 17.1. The average molecular weight is 414 g/mol. The lowest BCUT2D eigenvalue weighted by Crippen LogP contribution is -2.22. The number of hydrogen-bond acceptors (Lipinski definition) is 6. The Labute approximate surface area is 180 Å². The van der Waals surface area contributed by atoms with Crippen LogP contribution in [0, 0.1) is 0 Å². The van der Waals surface area contributed by atoms with Gasteiger partial charge < -0.3 is 14.8 Å². The van der Waals surface area contributed by atoms with Crippen LogP contribution in [0.15, 0.2) is 84.9 Å². The summed E-state index contributed by atoms with van der Waals surface area (Å²) in [4.78, 5) is 17.4. The van der Waals surface area contributed by atoms with Crippen LogP contribution in [0.1, 0.15) is 10.4 Å². The molecule has 0 fully saturated rings. The van der Waals surface area contributed by atoms with Gasteiger partial charge in [0.1, 0.15) is 11.5 Å². The van der Waals surface area contributed by atoms with Crippen molar-refractivity contribution in [3.8, 4) is 22.9 Å². The molecule has 4 rings (SSSR count). The first-order valence-corrected chi connectivity index (χ1v) is 9.83. The van der Waals surface area contributed by atoms with Gasteiger partial charge in [-0.3, -0.25) is 4.79 Å². The molecule has 0 atom stereocenters. The standard InChI is InChI=1S/C24H22N4O3/c1-30-20-14-12-19(13-15-20)23-26-24(25-16-18-8-4-2-5-9-18)28(27-23)22(29)17-31-21-10-6-3-7-11-21/h2-15H,16-17H2,1H3,(H,25,26,27). The fourth-order valence-corrected chi connectivity index (χ4v) is 2.96. The number of anilines is 1. The summed E-state index contributed by atoms with van der Waals surface area (Å²) in [5.41, 5.74) is 1.84. The van der Waals surface area contributed by atoms with Crippen molar-refractivity contribution in [3.63, 3.8) is 0 Å². The normalized spacial score (nSPS) is 10.5. The molecule has 3 aromatic carbocycles. The van der Waals surface area contributed by atoms with E-state index in [-0.39, 0.29) is 12.5 Å². The van der Waals surface area contributed by atoms with Crippen molar-refractivity contribution in [2.75, 3.05) is 19.0 Å². The second-order valence-corrected chi connectivity index (χ2v) is 6.73. The average Bonchev–Trinajstić information content (AvgIpc) is 3.27. The molecule has 0 aliphatic rings. The number of nitrogens with one attached hydrogen (secondary N) is 1. The Balaban J connectivity index is 1.57. The Morgan fingerprint density at radius 3 is 2.26 bits per heavy atom. The van der Waals surface area contributed by atoms with Gasteiger partial charge >= 0.3 is 0 Å². The van der Waals surface area contributed by atoms with Gasteiger partial charge in [-0.2, -0.15) is 9.67 Å². The summed E-state index contributed by atoms with van der Waals surface area (Å²) >= 11 is 0. The van der Waals surface area contributed by atoms with Crippen molar-refractivity contribution in [1.29, 1.82) is 0 Å². The lowest BCUT2D eigenvalue weighted by molar-refractivity contribution is 0.0824. The summed E-state index contributed by atoms with van der Waals surface area (Å²) in [6.45, 7) is 0.351. The molecule has 1 N–H and O–H groups in total. The molecule has 1 aromatic heterocycles. The van der Waals surface area contributed by atoms with E-state index in [2.05, 4.69) is 15.4 Å². The maximum atomic E-state index is 12.9. The van der Waals surface area contributed by atoms with Gasteiger partial charge in [0, 0.05) is 12.1 Å². The lowest BCUT2D eigenvalue weighted by atomic mass is 10.2. The second-order valence-electron chi connectivity index (χ2n) is 6.73. The zero-order valence-electron chi connectivity index (χ0n) is 17.1. The van der Waals surface area contributed by atoms with Gasteiger partial charge in [-0.25, -0.2) is 0 Å². The van der Waals surface area contributed by atoms with Gasteiger partial charge in [-0.1, -0.05) is 48.5 Å². The number of carbonyl (C=O) groups is 1. The molecule has 0 bridgehead atoms. The van der Waals surface area contributed by atoms with Crippen LogP contribution in [0.4, 0.5) is 5.95 Å². The largest absolute Gasteiger partial charge is 0.497 e. The van der Waals surface area contributed by atoms with Crippen molar-refractivity contribution in [1.82, 2.24) is 14.8 Å². The molecule has 1 heterocycles. The number of aromatic nitrogens is 3. The van der Waals surface area contributed by atoms with Crippen molar-refractivity contribution in [3.05, 3.63) is 90.5 Å². The predicted molar refractivity (Wildman–Crippen MR) is 118 cm³/mol. The molecule has 7 nitrogen and oxygen atoms in total. The number of ether oxygens (including phenoxy) is 2. The highest BCUT2D eigenvalue weighted by molar-refractivity contribution is 5.82. The first-order chi connectivity index (χ1) is 15.2. The fourth-order valence-electron chi connectivity index (χ4n) is 2.96. The molecule has 156 valence electrons. The van der Waals surface area contributed by atoms with Crippen LogP contribution >= 0.6 is 0 Å². The predicted octanol–water partition coefficient (Wildman–Crippen LogP) is 4.29. The number of methoxy groups -OCH3 is 1. The SMILES string of the molecule is COc1ccc(-c2nc(NCc3ccccc3)n(C(=O)COc3ccccc3)n2)cc1. The van der Waals surface area contributed by atoms with Crippen LogP contribution in [0.25, 0.3) is 11.4 Å². The molecule has 0 saturated carbocycles. The maximum Gasteiger partial charge on any atom is 0.287 e. The number of nitrogens with zero attached hydrogens (tertiary/aromatic N) is 3. The van der Waals surface area contributed by atoms with E-state index >= 15 is 0 Å². The fraction of sp³-hybridized carbons (Fsp3) is 0.125. The first-order valence-electron chi connectivity index (χ1n) is 9.83. The van der Waals surface area contributed by atoms with Gasteiger partial charge in [0.2, 0.25) is 5.95 Å². The minimum atomic E-state index is -0.327.